The molecule has 2 fully saturated rings. The van der Waals surface area contributed by atoms with Gasteiger partial charge in [-0.1, -0.05) is 13.2 Å². The largest absolute Gasteiger partial charge is 0.329 e. The molecule has 0 saturated carbocycles. The highest BCUT2D eigenvalue weighted by molar-refractivity contribution is 5.86. The molecule has 2 aliphatic heterocycles. The molecule has 0 unspecified atom stereocenters. The number of rotatable bonds is 8. The molecule has 0 bridgehead atoms. The molecule has 152 valence electrons. The van der Waals surface area contributed by atoms with Gasteiger partial charge >= 0.3 is 0 Å². The normalized spacial score (nSPS) is 33.3. The van der Waals surface area contributed by atoms with Crippen LogP contribution in [0.15, 0.2) is 25.3 Å². The van der Waals surface area contributed by atoms with Crippen LogP contribution in [-0.2, 0) is 38.0 Å². The lowest BCUT2D eigenvalue weighted by atomic mass is 9.90. The fourth-order valence-electron chi connectivity index (χ4n) is 2.26. The Morgan fingerprint density at radius 3 is 1.48 bits per heavy atom. The molecule has 2 amide bonds. The van der Waals surface area contributed by atoms with Gasteiger partial charge in [-0.05, 0) is 12.2 Å². The van der Waals surface area contributed by atoms with Gasteiger partial charge in [-0.2, -0.15) is 0 Å². The summed E-state index contributed by atoms with van der Waals surface area (Å²) >= 11 is 0. The summed E-state index contributed by atoms with van der Waals surface area (Å²) in [5.74, 6) is -3.29. The van der Waals surface area contributed by atoms with Gasteiger partial charge in [0.1, 0.15) is 13.5 Å². The Balaban J connectivity index is 1.75. The van der Waals surface area contributed by atoms with Crippen molar-refractivity contribution >= 4 is 11.8 Å². The van der Waals surface area contributed by atoms with Crippen LogP contribution < -0.4 is 10.6 Å². The molecule has 1 spiro atoms. The molecular weight excluding hydrogens is 360 g/mol. The SMILES string of the molecule is C=CC(=O)NCOC1(C)OCC2(CO1)COC(C)(OCNC(=O)C=C)OC2. The lowest BCUT2D eigenvalue weighted by Crippen LogP contribution is -2.59. The van der Waals surface area contributed by atoms with Gasteiger partial charge in [-0.3, -0.25) is 9.59 Å². The monoisotopic (exact) mass is 386 g/mol. The van der Waals surface area contributed by atoms with Crippen LogP contribution in [0.5, 0.6) is 0 Å². The zero-order valence-electron chi connectivity index (χ0n) is 15.6. The minimum Gasteiger partial charge on any atom is -0.329 e. The molecule has 0 aromatic rings. The topological polar surface area (TPSA) is 114 Å². The number of carbonyl (C=O) groups is 2. The Morgan fingerprint density at radius 1 is 0.852 bits per heavy atom. The number of hydrogen-bond donors (Lipinski definition) is 2. The molecule has 0 aromatic carbocycles. The van der Waals surface area contributed by atoms with Crippen LogP contribution in [-0.4, -0.2) is 63.6 Å². The highest BCUT2D eigenvalue weighted by Gasteiger charge is 2.49. The molecule has 0 aliphatic carbocycles. The van der Waals surface area contributed by atoms with E-state index in [1.54, 1.807) is 13.8 Å². The third kappa shape index (κ3) is 6.09. The van der Waals surface area contributed by atoms with E-state index in [0.29, 0.717) is 0 Å². The third-order valence-electron chi connectivity index (χ3n) is 4.09. The molecule has 0 aromatic heterocycles. The first-order valence-electron chi connectivity index (χ1n) is 8.38. The Labute approximate surface area is 157 Å². The van der Waals surface area contributed by atoms with Crippen molar-refractivity contribution in [1.29, 1.82) is 0 Å². The minimum atomic E-state index is -1.29. The Kier molecular flexibility index (Phi) is 7.09. The van der Waals surface area contributed by atoms with Crippen LogP contribution >= 0.6 is 0 Å². The van der Waals surface area contributed by atoms with Crippen molar-refractivity contribution in [3.8, 4) is 0 Å². The van der Waals surface area contributed by atoms with Crippen molar-refractivity contribution in [2.75, 3.05) is 39.9 Å². The fourth-order valence-corrected chi connectivity index (χ4v) is 2.26. The number of amides is 2. The van der Waals surface area contributed by atoms with Crippen molar-refractivity contribution < 1.29 is 38.0 Å². The van der Waals surface area contributed by atoms with E-state index in [1.807, 2.05) is 0 Å². The lowest BCUT2D eigenvalue weighted by Gasteiger charge is -2.48. The zero-order valence-corrected chi connectivity index (χ0v) is 15.6. The van der Waals surface area contributed by atoms with E-state index >= 15 is 0 Å². The zero-order chi connectivity index (χ0) is 20.0. The summed E-state index contributed by atoms with van der Waals surface area (Å²) < 4.78 is 33.6. The summed E-state index contributed by atoms with van der Waals surface area (Å²) in [6, 6.07) is 0. The van der Waals surface area contributed by atoms with Crippen LogP contribution in [0.3, 0.4) is 0 Å². The second-order valence-corrected chi connectivity index (χ2v) is 6.45. The van der Waals surface area contributed by atoms with Gasteiger partial charge in [0.2, 0.25) is 11.8 Å². The van der Waals surface area contributed by atoms with Gasteiger partial charge in [0.05, 0.1) is 31.8 Å². The average Bonchev–Trinajstić information content (AvgIpc) is 2.66. The van der Waals surface area contributed by atoms with E-state index in [-0.39, 0.29) is 51.7 Å². The van der Waals surface area contributed by atoms with Crippen molar-refractivity contribution in [3.63, 3.8) is 0 Å². The van der Waals surface area contributed by atoms with Gasteiger partial charge in [-0.25, -0.2) is 0 Å². The molecule has 27 heavy (non-hydrogen) atoms. The maximum absolute atomic E-state index is 11.1. The van der Waals surface area contributed by atoms with Crippen LogP contribution in [0.2, 0.25) is 0 Å². The van der Waals surface area contributed by atoms with E-state index < -0.39 is 17.4 Å². The van der Waals surface area contributed by atoms with Gasteiger partial charge in [0.15, 0.2) is 0 Å². The number of hydrogen-bond acceptors (Lipinski definition) is 8. The predicted molar refractivity (Wildman–Crippen MR) is 91.6 cm³/mol. The van der Waals surface area contributed by atoms with Crippen LogP contribution in [0, 0.1) is 5.41 Å². The molecule has 10 heteroatoms. The smallest absolute Gasteiger partial charge is 0.281 e. The third-order valence-corrected chi connectivity index (χ3v) is 4.09. The maximum Gasteiger partial charge on any atom is 0.281 e. The van der Waals surface area contributed by atoms with E-state index in [0.717, 1.165) is 12.2 Å². The van der Waals surface area contributed by atoms with Gasteiger partial charge in [-0.15, -0.1) is 0 Å². The van der Waals surface area contributed by atoms with Crippen molar-refractivity contribution in [2.45, 2.75) is 25.8 Å². The molecular formula is C17H26N2O8. The minimum absolute atomic E-state index is 0.0797. The molecule has 10 nitrogen and oxygen atoms in total. The fraction of sp³-hybridized carbons (Fsp3) is 0.647. The van der Waals surface area contributed by atoms with E-state index in [9.17, 15) is 9.59 Å². The Bertz CT molecular complexity index is 510. The van der Waals surface area contributed by atoms with Gasteiger partial charge in [0, 0.05) is 13.8 Å². The van der Waals surface area contributed by atoms with Gasteiger partial charge in [0.25, 0.3) is 11.9 Å². The van der Waals surface area contributed by atoms with Gasteiger partial charge < -0.3 is 39.1 Å². The summed E-state index contributed by atoms with van der Waals surface area (Å²) in [6.45, 7) is 10.8. The number of nitrogens with one attached hydrogen (secondary N) is 2. The quantitative estimate of drug-likeness (QED) is 0.442. The Morgan fingerprint density at radius 2 is 1.19 bits per heavy atom. The molecule has 2 N–H and O–H groups in total. The van der Waals surface area contributed by atoms with E-state index in [2.05, 4.69) is 23.8 Å². The first-order valence-corrected chi connectivity index (χ1v) is 8.38. The first kappa shape index (κ1) is 21.5. The average molecular weight is 386 g/mol. The first-order chi connectivity index (χ1) is 12.7. The standard InChI is InChI=1S/C17H26N2O8/c1-5-13(20)18-11-26-15(3)22-7-17(8-23-15)9-24-16(4,25-10-17)27-12-19-14(21)6-2/h5-6H,1-2,7-12H2,3-4H3,(H,18,20)(H,19,21). The van der Waals surface area contributed by atoms with E-state index in [1.165, 1.54) is 0 Å². The number of carbonyl (C=O) groups excluding carboxylic acids is 2. The molecule has 2 aliphatic rings. The Hall–Kier alpha value is -1.82. The van der Waals surface area contributed by atoms with Crippen molar-refractivity contribution in [3.05, 3.63) is 25.3 Å². The summed E-state index contributed by atoms with van der Waals surface area (Å²) in [5.41, 5.74) is -0.513. The second-order valence-electron chi connectivity index (χ2n) is 6.45. The summed E-state index contributed by atoms with van der Waals surface area (Å²) in [6.07, 6.45) is 2.28. The van der Waals surface area contributed by atoms with Crippen LogP contribution in [0.25, 0.3) is 0 Å². The molecule has 0 radical (unpaired) electrons. The molecule has 2 heterocycles. The van der Waals surface area contributed by atoms with Crippen LogP contribution in [0.1, 0.15) is 13.8 Å². The highest BCUT2D eigenvalue weighted by atomic mass is 16.9. The lowest BCUT2D eigenvalue weighted by molar-refractivity contribution is -0.456. The predicted octanol–water partition coefficient (Wildman–Crippen LogP) is -0.0336. The summed E-state index contributed by atoms with van der Waals surface area (Å²) in [7, 11) is 0. The van der Waals surface area contributed by atoms with Crippen molar-refractivity contribution in [1.82, 2.24) is 10.6 Å². The highest BCUT2D eigenvalue weighted by Crippen LogP contribution is 2.36. The maximum atomic E-state index is 11.1. The van der Waals surface area contributed by atoms with Crippen molar-refractivity contribution in [2.24, 2.45) is 5.41 Å². The van der Waals surface area contributed by atoms with Crippen LogP contribution in [0.4, 0.5) is 0 Å². The summed E-state index contributed by atoms with van der Waals surface area (Å²) in [5, 5.41) is 4.95. The molecule has 2 rings (SSSR count). The summed E-state index contributed by atoms with van der Waals surface area (Å²) in [4.78, 5) is 22.3. The molecule has 2 saturated heterocycles. The van der Waals surface area contributed by atoms with E-state index in [4.69, 9.17) is 28.4 Å². The molecule has 0 atom stereocenters. The number of ether oxygens (including phenoxy) is 6. The second kappa shape index (κ2) is 8.91.